The molecule has 0 aromatic heterocycles. The highest BCUT2D eigenvalue weighted by Crippen LogP contribution is 2.56. The quantitative estimate of drug-likeness (QED) is 0.389. The normalized spacial score (nSPS) is 24.9. The summed E-state index contributed by atoms with van der Waals surface area (Å²) >= 11 is 0. The second-order valence-corrected chi connectivity index (χ2v) is 7.99. The van der Waals surface area contributed by atoms with E-state index >= 15 is 0 Å². The van der Waals surface area contributed by atoms with E-state index in [4.69, 9.17) is 9.47 Å². The first kappa shape index (κ1) is 22.0. The summed E-state index contributed by atoms with van der Waals surface area (Å²) in [5.41, 5.74) is 0.0294. The molecule has 168 valence electrons. The summed E-state index contributed by atoms with van der Waals surface area (Å²) in [5.74, 6) is -1.31. The summed E-state index contributed by atoms with van der Waals surface area (Å²) in [5, 5.41) is 21.5. The zero-order chi connectivity index (χ0) is 23.9. The third-order valence-corrected chi connectivity index (χ3v) is 6.43. The molecule has 0 aliphatic carbocycles. The molecule has 1 saturated heterocycles. The molecule has 0 bridgehead atoms. The number of methoxy groups -OCH3 is 2. The Kier molecular flexibility index (Phi) is 5.38. The van der Waals surface area contributed by atoms with Crippen molar-refractivity contribution >= 4 is 29.2 Å². The monoisotopic (exact) mass is 447 g/mol. The molecule has 33 heavy (non-hydrogen) atoms. The molecular weight excluding hydrogens is 426 g/mol. The Bertz CT molecular complexity index is 1220. The van der Waals surface area contributed by atoms with Crippen LogP contribution in [0.3, 0.4) is 0 Å². The van der Waals surface area contributed by atoms with Crippen LogP contribution >= 0.6 is 0 Å². The molecule has 0 unspecified atom stereocenters. The van der Waals surface area contributed by atoms with Gasteiger partial charge in [-0.25, -0.2) is 0 Å². The lowest BCUT2D eigenvalue weighted by molar-refractivity contribution is -0.384. The van der Waals surface area contributed by atoms with Gasteiger partial charge in [0.1, 0.15) is 5.75 Å². The van der Waals surface area contributed by atoms with Crippen LogP contribution < -0.4 is 9.64 Å². The lowest BCUT2D eigenvalue weighted by atomic mass is 9.68. The van der Waals surface area contributed by atoms with Crippen molar-refractivity contribution < 1.29 is 24.0 Å². The van der Waals surface area contributed by atoms with Crippen LogP contribution in [0.25, 0.3) is 6.08 Å². The van der Waals surface area contributed by atoms with E-state index in [-0.39, 0.29) is 11.5 Å². The highest BCUT2D eigenvalue weighted by molar-refractivity contribution is 5.96. The first-order valence-electron chi connectivity index (χ1n) is 10.2. The number of nitriles is 1. The highest BCUT2D eigenvalue weighted by Gasteiger charge is 2.66. The second-order valence-electron chi connectivity index (χ2n) is 7.99. The van der Waals surface area contributed by atoms with Crippen LogP contribution in [0.4, 0.5) is 11.4 Å². The van der Waals surface area contributed by atoms with Gasteiger partial charge in [0.15, 0.2) is 11.2 Å². The fraction of sp³-hybridized carbons (Fsp3) is 0.292. The van der Waals surface area contributed by atoms with Crippen molar-refractivity contribution in [1.29, 1.82) is 5.26 Å². The van der Waals surface area contributed by atoms with Gasteiger partial charge in [-0.3, -0.25) is 19.7 Å². The molecule has 0 saturated carbocycles. The van der Waals surface area contributed by atoms with Crippen LogP contribution in [-0.4, -0.2) is 43.0 Å². The number of carbonyl (C=O) groups excluding carboxylic acids is 2. The number of non-ortho nitro benzene ring substituents is 1. The number of hydrogen-bond acceptors (Lipinski definition) is 8. The second kappa shape index (κ2) is 8.06. The molecule has 9 nitrogen and oxygen atoms in total. The number of esters is 1. The number of hydrogen-bond donors (Lipinski definition) is 0. The Morgan fingerprint density at radius 1 is 1.18 bits per heavy atom. The van der Waals surface area contributed by atoms with E-state index in [0.717, 1.165) is 5.56 Å². The van der Waals surface area contributed by atoms with E-state index < -0.39 is 34.3 Å². The summed E-state index contributed by atoms with van der Waals surface area (Å²) in [6, 6.07) is 11.4. The fourth-order valence-electron chi connectivity index (χ4n) is 5.03. The topological polar surface area (TPSA) is 123 Å². The Hall–Kier alpha value is -4.19. The van der Waals surface area contributed by atoms with Gasteiger partial charge in [0.05, 0.1) is 37.3 Å². The van der Waals surface area contributed by atoms with Crippen molar-refractivity contribution in [2.75, 3.05) is 19.1 Å². The van der Waals surface area contributed by atoms with Gasteiger partial charge in [-0.15, -0.1) is 0 Å². The molecule has 4 rings (SSSR count). The number of ether oxygens (including phenoxy) is 2. The summed E-state index contributed by atoms with van der Waals surface area (Å²) in [6.07, 6.45) is 3.52. The summed E-state index contributed by atoms with van der Waals surface area (Å²) in [4.78, 5) is 38.6. The fourth-order valence-corrected chi connectivity index (χ4v) is 5.03. The largest absolute Gasteiger partial charge is 0.497 e. The Morgan fingerprint density at radius 3 is 2.42 bits per heavy atom. The first-order chi connectivity index (χ1) is 15.8. The van der Waals surface area contributed by atoms with E-state index in [1.54, 1.807) is 36.3 Å². The number of anilines is 1. The van der Waals surface area contributed by atoms with Gasteiger partial charge in [-0.2, -0.15) is 5.26 Å². The van der Waals surface area contributed by atoms with Crippen molar-refractivity contribution in [1.82, 2.24) is 0 Å². The number of ketones is 1. The number of nitro groups is 1. The minimum absolute atomic E-state index is 0.133. The van der Waals surface area contributed by atoms with Crippen molar-refractivity contribution in [3.63, 3.8) is 0 Å². The number of rotatable bonds is 5. The van der Waals surface area contributed by atoms with Gasteiger partial charge in [0, 0.05) is 29.3 Å². The maximum atomic E-state index is 13.2. The zero-order valence-electron chi connectivity index (χ0n) is 18.2. The average molecular weight is 447 g/mol. The smallest absolute Gasteiger partial charge is 0.329 e. The Labute approximate surface area is 190 Å². The Morgan fingerprint density at radius 2 is 1.88 bits per heavy atom. The molecule has 4 atom stereocenters. The van der Waals surface area contributed by atoms with E-state index in [2.05, 4.69) is 6.07 Å². The van der Waals surface area contributed by atoms with Crippen molar-refractivity contribution in [3.05, 3.63) is 69.8 Å². The lowest BCUT2D eigenvalue weighted by Crippen LogP contribution is -2.46. The van der Waals surface area contributed by atoms with E-state index in [0.29, 0.717) is 17.0 Å². The molecule has 2 aliphatic rings. The van der Waals surface area contributed by atoms with Crippen molar-refractivity contribution in [2.24, 2.45) is 5.41 Å². The number of fused-ring (bicyclic) bond motifs is 3. The molecule has 2 aromatic rings. The van der Waals surface area contributed by atoms with Crippen molar-refractivity contribution in [2.45, 2.75) is 24.9 Å². The number of nitrogens with zero attached hydrogens (tertiary/aromatic N) is 3. The van der Waals surface area contributed by atoms with Crippen LogP contribution in [0.1, 0.15) is 24.0 Å². The maximum Gasteiger partial charge on any atom is 0.329 e. The van der Waals surface area contributed by atoms with Crippen molar-refractivity contribution in [3.8, 4) is 11.8 Å². The van der Waals surface area contributed by atoms with E-state index in [1.165, 1.54) is 38.3 Å². The summed E-state index contributed by atoms with van der Waals surface area (Å²) in [7, 11) is 2.75. The van der Waals surface area contributed by atoms with E-state index in [1.807, 2.05) is 6.07 Å². The molecule has 0 spiro atoms. The van der Waals surface area contributed by atoms with Crippen LogP contribution in [0.5, 0.6) is 5.75 Å². The van der Waals surface area contributed by atoms with Crippen LogP contribution in [-0.2, 0) is 14.3 Å². The minimum Gasteiger partial charge on any atom is -0.497 e. The van der Waals surface area contributed by atoms with Gasteiger partial charge in [0.2, 0.25) is 0 Å². The van der Waals surface area contributed by atoms with E-state index in [9.17, 15) is 25.0 Å². The maximum absolute atomic E-state index is 13.2. The molecule has 9 heteroatoms. The van der Waals surface area contributed by atoms with Gasteiger partial charge < -0.3 is 14.4 Å². The SMILES string of the molecule is COC(=O)[C@]1(C#N)[C@H](c2ccc([N+](=O)[O-])cc2)[C@H](C(C)=O)N2c3ccc(OC)cc3C=C[C@H]21. The number of Topliss-reactive ketones (excluding diaryl/α,β-unsaturated/α-hetero) is 1. The van der Waals surface area contributed by atoms with Gasteiger partial charge in [-0.1, -0.05) is 24.3 Å². The predicted molar refractivity (Wildman–Crippen MR) is 119 cm³/mol. The molecule has 1 fully saturated rings. The number of nitro benzene ring substituents is 1. The molecule has 0 radical (unpaired) electrons. The molecule has 2 heterocycles. The third-order valence-electron chi connectivity index (χ3n) is 6.43. The van der Waals surface area contributed by atoms with Crippen LogP contribution in [0.2, 0.25) is 0 Å². The zero-order valence-corrected chi connectivity index (χ0v) is 18.2. The van der Waals surface area contributed by atoms with Crippen LogP contribution in [0.15, 0.2) is 48.5 Å². The molecule has 2 aromatic carbocycles. The molecule has 0 N–H and O–H groups in total. The minimum atomic E-state index is -1.75. The van der Waals surface area contributed by atoms with Gasteiger partial charge in [-0.05, 0) is 30.7 Å². The molecular formula is C24H21N3O6. The van der Waals surface area contributed by atoms with Crippen LogP contribution in [0, 0.1) is 26.9 Å². The average Bonchev–Trinajstić information content (AvgIpc) is 3.14. The highest BCUT2D eigenvalue weighted by atomic mass is 16.6. The lowest BCUT2D eigenvalue weighted by Gasteiger charge is -2.36. The Balaban J connectivity index is 1.98. The van der Waals surface area contributed by atoms with Gasteiger partial charge >= 0.3 is 5.97 Å². The number of carbonyl (C=O) groups is 2. The standard InChI is InChI=1S/C24H21N3O6/c1-14(28)22-21(15-4-7-17(8-5-15)27(30)31)24(13-25,23(29)33-3)20-11-6-16-12-18(32-2)9-10-19(16)26(20)22/h4-12,20-22H,1-3H3/t20-,21+,22-,24-/m0/s1. The van der Waals surface area contributed by atoms with Gasteiger partial charge in [0.25, 0.3) is 5.69 Å². The molecule has 0 amide bonds. The first-order valence-corrected chi connectivity index (χ1v) is 10.2. The third kappa shape index (κ3) is 3.14. The predicted octanol–water partition coefficient (Wildman–Crippen LogP) is 3.24. The molecule has 2 aliphatic heterocycles. The summed E-state index contributed by atoms with van der Waals surface area (Å²) in [6.45, 7) is 1.41. The number of benzene rings is 2. The summed E-state index contributed by atoms with van der Waals surface area (Å²) < 4.78 is 10.4.